The van der Waals surface area contributed by atoms with Gasteiger partial charge in [-0.1, -0.05) is 0 Å². The smallest absolute Gasteiger partial charge is 0.255 e. The molecule has 2 aliphatic rings. The second-order valence-electron chi connectivity index (χ2n) is 8.06. The fourth-order valence-corrected chi connectivity index (χ4v) is 4.05. The second kappa shape index (κ2) is 9.35. The van der Waals surface area contributed by atoms with E-state index in [4.69, 9.17) is 9.47 Å². The molecule has 1 aromatic carbocycles. The Kier molecular flexibility index (Phi) is 6.36. The van der Waals surface area contributed by atoms with Crippen LogP contribution in [0.2, 0.25) is 0 Å². The van der Waals surface area contributed by atoms with Gasteiger partial charge in [0.15, 0.2) is 17.3 Å². The van der Waals surface area contributed by atoms with Crippen LogP contribution in [0, 0.1) is 0 Å². The van der Waals surface area contributed by atoms with E-state index in [1.165, 1.54) is 6.92 Å². The van der Waals surface area contributed by atoms with Gasteiger partial charge in [0.05, 0.1) is 17.8 Å². The van der Waals surface area contributed by atoms with E-state index in [-0.39, 0.29) is 37.0 Å². The van der Waals surface area contributed by atoms with Gasteiger partial charge in [-0.2, -0.15) is 0 Å². The number of nitrogens with zero attached hydrogens (tertiary/aromatic N) is 3. The number of hydrogen-bond acceptors (Lipinski definition) is 7. The Morgan fingerprint density at radius 3 is 2.75 bits per heavy atom. The van der Waals surface area contributed by atoms with E-state index in [1.807, 2.05) is 16.8 Å². The predicted molar refractivity (Wildman–Crippen MR) is 117 cm³/mol. The van der Waals surface area contributed by atoms with Crippen molar-refractivity contribution in [2.75, 3.05) is 38.8 Å². The Morgan fingerprint density at radius 1 is 1.25 bits per heavy atom. The molecule has 0 saturated carbocycles. The average molecular weight is 438 g/mol. The highest BCUT2D eigenvalue weighted by molar-refractivity contribution is 6.05. The van der Waals surface area contributed by atoms with Crippen LogP contribution in [-0.2, 0) is 4.79 Å². The molecule has 9 nitrogen and oxygen atoms in total. The van der Waals surface area contributed by atoms with Crippen LogP contribution in [0.3, 0.4) is 0 Å². The first-order chi connectivity index (χ1) is 15.4. The maximum Gasteiger partial charge on any atom is 0.255 e. The quantitative estimate of drug-likeness (QED) is 0.690. The van der Waals surface area contributed by atoms with Crippen molar-refractivity contribution in [1.29, 1.82) is 0 Å². The number of anilines is 1. The van der Waals surface area contributed by atoms with Crippen molar-refractivity contribution >= 4 is 23.3 Å². The van der Waals surface area contributed by atoms with E-state index in [0.717, 1.165) is 12.8 Å². The summed E-state index contributed by atoms with van der Waals surface area (Å²) >= 11 is 0. The first-order valence-electron chi connectivity index (χ1n) is 10.6. The molecule has 1 unspecified atom stereocenters. The van der Waals surface area contributed by atoms with Gasteiger partial charge in [-0.15, -0.1) is 0 Å². The van der Waals surface area contributed by atoms with E-state index >= 15 is 0 Å². The van der Waals surface area contributed by atoms with Crippen LogP contribution in [0.5, 0.6) is 11.5 Å². The summed E-state index contributed by atoms with van der Waals surface area (Å²) < 4.78 is 10.7. The number of amides is 2. The standard InChI is InChI=1S/C23H26N4O5/c1-15(28)18-9-20-21(32-14-31-20)10-19(18)25-22(29)13-26(2)17-6-4-8-27(12-17)23(30)16-5-3-7-24-11-16/h3,5,7,9-11,17H,4,6,8,12-14H2,1-2H3,(H,25,29). The summed E-state index contributed by atoms with van der Waals surface area (Å²) in [5.41, 5.74) is 1.33. The predicted octanol–water partition coefficient (Wildman–Crippen LogP) is 2.19. The van der Waals surface area contributed by atoms with Crippen LogP contribution in [0.15, 0.2) is 36.7 Å². The highest BCUT2D eigenvalue weighted by Gasteiger charge is 2.28. The lowest BCUT2D eigenvalue weighted by molar-refractivity contribution is -0.117. The van der Waals surface area contributed by atoms with Crippen molar-refractivity contribution < 1.29 is 23.9 Å². The number of ketones is 1. The first kappa shape index (κ1) is 21.8. The average Bonchev–Trinajstić information content (AvgIpc) is 3.26. The number of rotatable bonds is 6. The van der Waals surface area contributed by atoms with Crippen molar-refractivity contribution in [2.45, 2.75) is 25.8 Å². The molecule has 168 valence electrons. The number of hydrogen-bond donors (Lipinski definition) is 1. The molecule has 32 heavy (non-hydrogen) atoms. The number of ether oxygens (including phenoxy) is 2. The Bertz CT molecular complexity index is 1030. The van der Waals surface area contributed by atoms with Crippen LogP contribution >= 0.6 is 0 Å². The maximum absolute atomic E-state index is 12.8. The van der Waals surface area contributed by atoms with Gasteiger partial charge < -0.3 is 19.7 Å². The highest BCUT2D eigenvalue weighted by Crippen LogP contribution is 2.37. The monoisotopic (exact) mass is 438 g/mol. The number of likely N-dealkylation sites (N-methyl/N-ethyl adjacent to an activating group) is 1. The minimum absolute atomic E-state index is 0.0490. The minimum Gasteiger partial charge on any atom is -0.454 e. The van der Waals surface area contributed by atoms with Crippen LogP contribution in [0.4, 0.5) is 5.69 Å². The molecule has 0 bridgehead atoms. The van der Waals surface area contributed by atoms with Crippen molar-refractivity contribution in [3.05, 3.63) is 47.8 Å². The van der Waals surface area contributed by atoms with E-state index in [0.29, 0.717) is 41.4 Å². The van der Waals surface area contributed by atoms with Crippen LogP contribution in [0.1, 0.15) is 40.5 Å². The summed E-state index contributed by atoms with van der Waals surface area (Å²) in [5.74, 6) is 0.516. The Hall–Kier alpha value is -3.46. The molecule has 2 aromatic rings. The number of piperidine rings is 1. The summed E-state index contributed by atoms with van der Waals surface area (Å²) in [6.45, 7) is 2.88. The first-order valence-corrected chi connectivity index (χ1v) is 10.6. The van der Waals surface area contributed by atoms with Gasteiger partial charge in [-0.25, -0.2) is 0 Å². The van der Waals surface area contributed by atoms with Gasteiger partial charge in [0.2, 0.25) is 12.7 Å². The molecule has 0 aliphatic carbocycles. The summed E-state index contributed by atoms with van der Waals surface area (Å²) in [4.78, 5) is 45.3. The summed E-state index contributed by atoms with van der Waals surface area (Å²) in [5, 5.41) is 2.83. The largest absolute Gasteiger partial charge is 0.454 e. The molecule has 2 amide bonds. The number of carbonyl (C=O) groups is 3. The molecule has 1 fully saturated rings. The fraction of sp³-hybridized carbons (Fsp3) is 0.391. The second-order valence-corrected chi connectivity index (χ2v) is 8.06. The molecule has 0 spiro atoms. The van der Waals surface area contributed by atoms with Gasteiger partial charge in [-0.05, 0) is 45.0 Å². The van der Waals surface area contributed by atoms with Gasteiger partial charge in [0.25, 0.3) is 5.91 Å². The summed E-state index contributed by atoms with van der Waals surface area (Å²) in [7, 11) is 1.87. The lowest BCUT2D eigenvalue weighted by atomic mass is 10.0. The zero-order valence-electron chi connectivity index (χ0n) is 18.2. The lowest BCUT2D eigenvalue weighted by Gasteiger charge is -2.37. The third-order valence-electron chi connectivity index (χ3n) is 5.77. The molecule has 1 N–H and O–H groups in total. The maximum atomic E-state index is 12.8. The number of likely N-dealkylation sites (tertiary alicyclic amines) is 1. The SMILES string of the molecule is CC(=O)c1cc2c(cc1NC(=O)CN(C)C1CCCN(C(=O)c3cccnc3)C1)OCO2. The molecule has 9 heteroatoms. The molecular formula is C23H26N4O5. The molecule has 3 heterocycles. The molecular weight excluding hydrogens is 412 g/mol. The van der Waals surface area contributed by atoms with Crippen molar-refractivity contribution in [3.63, 3.8) is 0 Å². The van der Waals surface area contributed by atoms with Crippen molar-refractivity contribution in [3.8, 4) is 11.5 Å². The van der Waals surface area contributed by atoms with E-state index < -0.39 is 0 Å². The van der Waals surface area contributed by atoms with Crippen LogP contribution in [-0.4, -0.2) is 71.9 Å². The fourth-order valence-electron chi connectivity index (χ4n) is 4.05. The van der Waals surface area contributed by atoms with Gasteiger partial charge in [0.1, 0.15) is 0 Å². The number of fused-ring (bicyclic) bond motifs is 1. The zero-order chi connectivity index (χ0) is 22.7. The van der Waals surface area contributed by atoms with Gasteiger partial charge in [-0.3, -0.25) is 24.3 Å². The van der Waals surface area contributed by atoms with Gasteiger partial charge >= 0.3 is 0 Å². The van der Waals surface area contributed by atoms with Crippen LogP contribution in [0.25, 0.3) is 0 Å². The van der Waals surface area contributed by atoms with Crippen molar-refractivity contribution in [1.82, 2.24) is 14.8 Å². The summed E-state index contributed by atoms with van der Waals surface area (Å²) in [6, 6.07) is 6.77. The van der Waals surface area contributed by atoms with E-state index in [2.05, 4.69) is 10.3 Å². The molecule has 0 radical (unpaired) electrons. The molecule has 1 aromatic heterocycles. The van der Waals surface area contributed by atoms with Gasteiger partial charge in [0, 0.05) is 43.2 Å². The van der Waals surface area contributed by atoms with E-state index in [1.54, 1.807) is 36.7 Å². The van der Waals surface area contributed by atoms with Crippen LogP contribution < -0.4 is 14.8 Å². The molecule has 2 aliphatic heterocycles. The third-order valence-corrected chi connectivity index (χ3v) is 5.77. The molecule has 4 rings (SSSR count). The number of aromatic nitrogens is 1. The Labute approximate surface area is 186 Å². The zero-order valence-corrected chi connectivity index (χ0v) is 18.2. The Balaban J connectivity index is 1.39. The number of Topliss-reactive ketones (excluding diaryl/α,β-unsaturated/α-hetero) is 1. The van der Waals surface area contributed by atoms with Crippen molar-refractivity contribution in [2.24, 2.45) is 0 Å². The third kappa shape index (κ3) is 4.72. The highest BCUT2D eigenvalue weighted by atomic mass is 16.7. The lowest BCUT2D eigenvalue weighted by Crippen LogP contribution is -2.50. The number of pyridine rings is 1. The minimum atomic E-state index is -0.246. The Morgan fingerprint density at radius 2 is 2.03 bits per heavy atom. The normalized spacial score (nSPS) is 17.3. The summed E-state index contributed by atoms with van der Waals surface area (Å²) in [6.07, 6.45) is 4.96. The molecule has 1 saturated heterocycles. The number of nitrogens with one attached hydrogen (secondary N) is 1. The number of benzene rings is 1. The topological polar surface area (TPSA) is 101 Å². The van der Waals surface area contributed by atoms with E-state index in [9.17, 15) is 14.4 Å². The number of carbonyl (C=O) groups excluding carboxylic acids is 3. The molecule has 1 atom stereocenters.